The van der Waals surface area contributed by atoms with E-state index in [9.17, 15) is 4.79 Å². The van der Waals surface area contributed by atoms with E-state index in [2.05, 4.69) is 32.1 Å². The molecule has 1 aromatic rings. The summed E-state index contributed by atoms with van der Waals surface area (Å²) in [6, 6.07) is 8.15. The molecule has 1 rings (SSSR count). The molecule has 0 atom stereocenters. The molecule has 0 heterocycles. The van der Waals surface area contributed by atoms with Crippen LogP contribution >= 0.6 is 24.0 Å². The van der Waals surface area contributed by atoms with Crippen molar-refractivity contribution >= 4 is 35.9 Å². The Hall–Kier alpha value is -1.51. The molecule has 1 N–H and O–H groups in total. The standard InChI is InChI=1S/C20H33N3O3.HI/c1-5-26-18-13-11-17(12-14-18)16-23(3)20(21-2)22-15-9-7-6-8-10-19(24)25-4;/h11-14H,5-10,15-16H2,1-4H3,(H,21,22);1H. The van der Waals surface area contributed by atoms with E-state index in [1.807, 2.05) is 26.1 Å². The number of hydrogen-bond acceptors (Lipinski definition) is 4. The summed E-state index contributed by atoms with van der Waals surface area (Å²) < 4.78 is 10.1. The molecule has 0 aromatic heterocycles. The van der Waals surface area contributed by atoms with E-state index in [1.54, 1.807) is 7.05 Å². The molecular formula is C20H34IN3O3. The maximum Gasteiger partial charge on any atom is 0.305 e. The molecule has 0 amide bonds. The lowest BCUT2D eigenvalue weighted by Gasteiger charge is -2.22. The first kappa shape index (κ1) is 25.5. The SMILES string of the molecule is CCOc1ccc(CN(C)C(=NC)NCCCCCCC(=O)OC)cc1.I. The first-order chi connectivity index (χ1) is 12.6. The second-order valence-corrected chi connectivity index (χ2v) is 6.15. The van der Waals surface area contributed by atoms with Crippen molar-refractivity contribution in [2.45, 2.75) is 45.6 Å². The van der Waals surface area contributed by atoms with Crippen LogP contribution in [0.1, 0.15) is 44.6 Å². The average Bonchev–Trinajstić information content (AvgIpc) is 2.65. The number of aliphatic imine (C=N–C) groups is 1. The number of benzene rings is 1. The summed E-state index contributed by atoms with van der Waals surface area (Å²) in [6.07, 6.45) is 4.58. The maximum absolute atomic E-state index is 11.0. The third kappa shape index (κ3) is 11.0. The van der Waals surface area contributed by atoms with Crippen LogP contribution in [0.4, 0.5) is 0 Å². The van der Waals surface area contributed by atoms with Crippen LogP contribution in [0.25, 0.3) is 0 Å². The number of rotatable bonds is 11. The molecule has 0 fully saturated rings. The summed E-state index contributed by atoms with van der Waals surface area (Å²) >= 11 is 0. The third-order valence-electron chi connectivity index (χ3n) is 4.05. The van der Waals surface area contributed by atoms with Gasteiger partial charge in [0.1, 0.15) is 5.75 Å². The van der Waals surface area contributed by atoms with Gasteiger partial charge in [-0.2, -0.15) is 0 Å². The quantitative estimate of drug-likeness (QED) is 0.168. The highest BCUT2D eigenvalue weighted by molar-refractivity contribution is 14.0. The Labute approximate surface area is 180 Å². The van der Waals surface area contributed by atoms with Gasteiger partial charge in [-0.25, -0.2) is 0 Å². The molecule has 0 aliphatic rings. The number of methoxy groups -OCH3 is 1. The number of nitrogens with zero attached hydrogens (tertiary/aromatic N) is 2. The highest BCUT2D eigenvalue weighted by Crippen LogP contribution is 2.13. The predicted molar refractivity (Wildman–Crippen MR) is 121 cm³/mol. The van der Waals surface area contributed by atoms with Crippen molar-refractivity contribution in [2.75, 3.05) is 34.4 Å². The van der Waals surface area contributed by atoms with E-state index in [4.69, 9.17) is 4.74 Å². The highest BCUT2D eigenvalue weighted by Gasteiger charge is 2.06. The van der Waals surface area contributed by atoms with Gasteiger partial charge in [-0.3, -0.25) is 9.79 Å². The van der Waals surface area contributed by atoms with Crippen LogP contribution in [0, 0.1) is 0 Å². The maximum atomic E-state index is 11.0. The second kappa shape index (κ2) is 15.5. The Balaban J connectivity index is 0.00000676. The summed E-state index contributed by atoms with van der Waals surface area (Å²) in [4.78, 5) is 17.5. The second-order valence-electron chi connectivity index (χ2n) is 6.15. The molecule has 0 spiro atoms. The van der Waals surface area contributed by atoms with E-state index in [0.29, 0.717) is 13.0 Å². The molecule has 1 aromatic carbocycles. The van der Waals surface area contributed by atoms with E-state index in [1.165, 1.54) is 12.7 Å². The minimum atomic E-state index is -0.126. The minimum absolute atomic E-state index is 0. The van der Waals surface area contributed by atoms with Gasteiger partial charge in [0.15, 0.2) is 5.96 Å². The van der Waals surface area contributed by atoms with Gasteiger partial charge in [0, 0.05) is 33.6 Å². The Bertz CT molecular complexity index is 550. The predicted octanol–water partition coefficient (Wildman–Crippen LogP) is 3.83. The fraction of sp³-hybridized carbons (Fsp3) is 0.600. The molecule has 7 heteroatoms. The van der Waals surface area contributed by atoms with E-state index < -0.39 is 0 Å². The van der Waals surface area contributed by atoms with Crippen LogP contribution in [0.5, 0.6) is 5.75 Å². The number of nitrogens with one attached hydrogen (secondary N) is 1. The van der Waals surface area contributed by atoms with Crippen molar-refractivity contribution in [3.8, 4) is 5.75 Å². The first-order valence-corrected chi connectivity index (χ1v) is 9.31. The van der Waals surface area contributed by atoms with Crippen LogP contribution in [0.2, 0.25) is 0 Å². The van der Waals surface area contributed by atoms with Gasteiger partial charge in [-0.1, -0.05) is 25.0 Å². The normalized spacial score (nSPS) is 10.7. The summed E-state index contributed by atoms with van der Waals surface area (Å²) in [7, 11) is 5.26. The number of carbonyl (C=O) groups excluding carboxylic acids is 1. The molecule has 0 saturated heterocycles. The Morgan fingerprint density at radius 3 is 2.41 bits per heavy atom. The van der Waals surface area contributed by atoms with Crippen LogP contribution in [-0.2, 0) is 16.1 Å². The number of ether oxygens (including phenoxy) is 2. The average molecular weight is 491 g/mol. The Kier molecular flexibility index (Phi) is 14.7. The lowest BCUT2D eigenvalue weighted by molar-refractivity contribution is -0.140. The first-order valence-electron chi connectivity index (χ1n) is 9.31. The van der Waals surface area contributed by atoms with Crippen molar-refractivity contribution in [3.05, 3.63) is 29.8 Å². The number of halogens is 1. The number of hydrogen-bond donors (Lipinski definition) is 1. The fourth-order valence-electron chi connectivity index (χ4n) is 2.64. The molecule has 0 saturated carbocycles. The third-order valence-corrected chi connectivity index (χ3v) is 4.05. The van der Waals surface area contributed by atoms with Crippen molar-refractivity contribution < 1.29 is 14.3 Å². The molecule has 0 bridgehead atoms. The van der Waals surface area contributed by atoms with Gasteiger partial charge < -0.3 is 19.7 Å². The van der Waals surface area contributed by atoms with Crippen molar-refractivity contribution in [3.63, 3.8) is 0 Å². The number of esters is 1. The monoisotopic (exact) mass is 491 g/mol. The minimum Gasteiger partial charge on any atom is -0.494 e. The Morgan fingerprint density at radius 2 is 1.81 bits per heavy atom. The van der Waals surface area contributed by atoms with Crippen LogP contribution in [-0.4, -0.2) is 51.2 Å². The van der Waals surface area contributed by atoms with E-state index >= 15 is 0 Å². The van der Waals surface area contributed by atoms with Crippen LogP contribution in [0.3, 0.4) is 0 Å². The summed E-state index contributed by atoms with van der Waals surface area (Å²) in [5.74, 6) is 1.65. The van der Waals surface area contributed by atoms with Gasteiger partial charge in [0.2, 0.25) is 0 Å². The van der Waals surface area contributed by atoms with Crippen molar-refractivity contribution in [1.29, 1.82) is 0 Å². The summed E-state index contributed by atoms with van der Waals surface area (Å²) in [5, 5.41) is 3.39. The molecule has 0 radical (unpaired) electrons. The summed E-state index contributed by atoms with van der Waals surface area (Å²) in [6.45, 7) is 4.32. The van der Waals surface area contributed by atoms with Gasteiger partial charge in [0.25, 0.3) is 0 Å². The molecule has 6 nitrogen and oxygen atoms in total. The molecule has 0 unspecified atom stereocenters. The highest BCUT2D eigenvalue weighted by atomic mass is 127. The molecular weight excluding hydrogens is 457 g/mol. The van der Waals surface area contributed by atoms with E-state index in [0.717, 1.165) is 50.5 Å². The smallest absolute Gasteiger partial charge is 0.305 e. The van der Waals surface area contributed by atoms with Crippen LogP contribution in [0.15, 0.2) is 29.3 Å². The number of unbranched alkanes of at least 4 members (excludes halogenated alkanes) is 3. The topological polar surface area (TPSA) is 63.2 Å². The van der Waals surface area contributed by atoms with Gasteiger partial charge in [-0.15, -0.1) is 24.0 Å². The summed E-state index contributed by atoms with van der Waals surface area (Å²) in [5.41, 5.74) is 1.21. The van der Waals surface area contributed by atoms with Crippen molar-refractivity contribution in [1.82, 2.24) is 10.2 Å². The molecule has 0 aliphatic carbocycles. The van der Waals surface area contributed by atoms with Crippen molar-refractivity contribution in [2.24, 2.45) is 4.99 Å². The zero-order valence-corrected chi connectivity index (χ0v) is 19.3. The van der Waals surface area contributed by atoms with Gasteiger partial charge in [0.05, 0.1) is 13.7 Å². The van der Waals surface area contributed by atoms with Gasteiger partial charge in [-0.05, 0) is 37.5 Å². The largest absolute Gasteiger partial charge is 0.494 e. The number of carbonyl (C=O) groups is 1. The fourth-order valence-corrected chi connectivity index (χ4v) is 2.64. The molecule has 154 valence electrons. The Morgan fingerprint density at radius 1 is 1.15 bits per heavy atom. The lowest BCUT2D eigenvalue weighted by Crippen LogP contribution is -2.38. The molecule has 27 heavy (non-hydrogen) atoms. The lowest BCUT2D eigenvalue weighted by atomic mass is 10.1. The van der Waals surface area contributed by atoms with E-state index in [-0.39, 0.29) is 29.9 Å². The zero-order chi connectivity index (χ0) is 19.2. The van der Waals surface area contributed by atoms with Crippen LogP contribution < -0.4 is 10.1 Å². The zero-order valence-electron chi connectivity index (χ0n) is 17.0. The molecule has 0 aliphatic heterocycles. The number of guanidine groups is 1. The van der Waals surface area contributed by atoms with Gasteiger partial charge >= 0.3 is 5.97 Å².